The second-order valence-electron chi connectivity index (χ2n) is 29.0. The van der Waals surface area contributed by atoms with E-state index >= 15 is 0 Å². The summed E-state index contributed by atoms with van der Waals surface area (Å²) in [6, 6.07) is 24.0. The van der Waals surface area contributed by atoms with Crippen molar-refractivity contribution in [2.24, 2.45) is 28.6 Å². The van der Waals surface area contributed by atoms with Crippen LogP contribution < -0.4 is 42.5 Å². The average Bonchev–Trinajstić information content (AvgIpc) is 0.725. The molecule has 548 valence electrons. The molecule has 9 atom stereocenters. The number of imide groups is 1. The third kappa shape index (κ3) is 19.7. The van der Waals surface area contributed by atoms with Crippen LogP contribution in [0.15, 0.2) is 91.5 Å². The molecule has 4 aromatic rings. The number of hydrogen-bond donors (Lipinski definition) is 8. The average molecular weight is 1390 g/mol. The van der Waals surface area contributed by atoms with Gasteiger partial charge >= 0.3 is 5.97 Å². The molecule has 4 aromatic carbocycles. The number of ether oxygens (including phenoxy) is 4. The van der Waals surface area contributed by atoms with Gasteiger partial charge in [0.05, 0.1) is 75.9 Å². The van der Waals surface area contributed by atoms with Crippen LogP contribution in [0.25, 0.3) is 6.08 Å². The van der Waals surface area contributed by atoms with Crippen molar-refractivity contribution in [1.29, 1.82) is 0 Å². The number of hydrogen-bond acceptors (Lipinski definition) is 14. The van der Waals surface area contributed by atoms with E-state index in [0.717, 1.165) is 84.9 Å². The minimum atomic E-state index is -1.30. The van der Waals surface area contributed by atoms with Gasteiger partial charge in [0, 0.05) is 43.6 Å². The monoisotopic (exact) mass is 1390 g/mol. The molecule has 8 amide bonds. The van der Waals surface area contributed by atoms with Crippen LogP contribution in [-0.2, 0) is 98.7 Å². The van der Waals surface area contributed by atoms with Crippen molar-refractivity contribution in [3.05, 3.63) is 130 Å². The van der Waals surface area contributed by atoms with Crippen LogP contribution in [0.1, 0.15) is 178 Å². The molecule has 22 heteroatoms. The minimum absolute atomic E-state index is 0.0220. The maximum atomic E-state index is 14.8. The third-order valence-electron chi connectivity index (χ3n) is 21.9. The Kier molecular flexibility index (Phi) is 28.0. The van der Waals surface area contributed by atoms with Crippen molar-refractivity contribution in [3.8, 4) is 0 Å². The van der Waals surface area contributed by atoms with Crippen LogP contribution in [0, 0.1) is 28.6 Å². The van der Waals surface area contributed by atoms with Gasteiger partial charge in [-0.25, -0.2) is 0 Å². The first-order valence-corrected chi connectivity index (χ1v) is 36.2. The summed E-state index contributed by atoms with van der Waals surface area (Å²) < 4.78 is 22.3. The van der Waals surface area contributed by atoms with E-state index in [9.17, 15) is 48.3 Å². The molecule has 4 aliphatic carbocycles. The number of carbonyl (C=O) groups is 9. The summed E-state index contributed by atoms with van der Waals surface area (Å²) in [6.07, 6.45) is 9.65. The molecule has 2 fully saturated rings. The van der Waals surface area contributed by atoms with E-state index in [-0.39, 0.29) is 119 Å². The Morgan fingerprint density at radius 2 is 1.19 bits per heavy atom. The van der Waals surface area contributed by atoms with Gasteiger partial charge in [0.2, 0.25) is 47.3 Å². The maximum Gasteiger partial charge on any atom is 0.303 e. The maximum absolute atomic E-state index is 14.8. The fourth-order valence-corrected chi connectivity index (χ4v) is 16.2. The summed E-state index contributed by atoms with van der Waals surface area (Å²) in [4.78, 5) is 124. The standard InChI is InChI=1S/C79H108N8O14/c1-10-53-18-12-13-20-57(53)50-87(63-21-15-14-19-54(63)11-2)68(90)32-31-66(88)81-39-41-99-43-45-101-47-46-100-44-42-98-40-34-67(89)84-62(28-33-69(91)92)72(94)85-70(51(3)4)73(95)82-52(5)71(93)83-59-27-23-56-25-30-65-77(7,61(56)49-59)36-17-38-79(65,9)75(97)86-74(96)78(8)37-16-35-76(6)60-48-58(80)26-22-55(60)24-29-64(76)78/h11-15,18-23,26-27,48-49,51-52,62,64-65,70H,2,10,16-17,24-25,28-47,50,80H2,1,3-9H3,(H,81,88)(H,82,95)(H,83,93)(H,84,89)(H,85,94)(H,91,92)(H,86,96,97)/t52-,62-,64+,65+,70-,76+,77+,78-,79-/m0/s1. The van der Waals surface area contributed by atoms with Crippen LogP contribution in [0.4, 0.5) is 17.1 Å². The second kappa shape index (κ2) is 36.0. The molecular formula is C79H108N8O14. The summed E-state index contributed by atoms with van der Waals surface area (Å²) >= 11 is 0. The highest BCUT2D eigenvalue weighted by Gasteiger charge is 2.58. The Morgan fingerprint density at radius 1 is 0.624 bits per heavy atom. The highest BCUT2D eigenvalue weighted by atomic mass is 16.6. The molecule has 0 saturated heterocycles. The van der Waals surface area contributed by atoms with Crippen LogP contribution in [0.5, 0.6) is 0 Å². The fourth-order valence-electron chi connectivity index (χ4n) is 16.2. The number of rotatable bonds is 36. The molecule has 0 radical (unpaired) electrons. The number of aliphatic carboxylic acids is 1. The first-order chi connectivity index (χ1) is 48.3. The first kappa shape index (κ1) is 78.4. The topological polar surface area (TPSA) is 312 Å². The number of nitrogens with zero attached hydrogens (tertiary/aromatic N) is 1. The largest absolute Gasteiger partial charge is 0.481 e. The fraction of sp³-hybridized carbons (Fsp3) is 0.557. The summed E-state index contributed by atoms with van der Waals surface area (Å²) in [5, 5.41) is 26.3. The summed E-state index contributed by atoms with van der Waals surface area (Å²) in [5.74, 6) is -5.10. The van der Waals surface area contributed by atoms with E-state index < -0.39 is 76.3 Å². The molecule has 0 aliphatic heterocycles. The van der Waals surface area contributed by atoms with Gasteiger partial charge in [0.25, 0.3) is 0 Å². The zero-order valence-electron chi connectivity index (χ0n) is 60.5. The van der Waals surface area contributed by atoms with Crippen molar-refractivity contribution in [2.75, 3.05) is 75.4 Å². The number of nitrogen functional groups attached to an aromatic ring is 1. The van der Waals surface area contributed by atoms with Crippen LogP contribution in [-0.4, -0.2) is 136 Å². The molecule has 101 heavy (non-hydrogen) atoms. The van der Waals surface area contributed by atoms with Crippen molar-refractivity contribution in [3.63, 3.8) is 0 Å². The number of nitrogens with one attached hydrogen (secondary N) is 6. The van der Waals surface area contributed by atoms with Crippen LogP contribution in [0.3, 0.4) is 0 Å². The lowest BCUT2D eigenvalue weighted by molar-refractivity contribution is -0.150. The van der Waals surface area contributed by atoms with E-state index in [1.165, 1.54) is 18.1 Å². The van der Waals surface area contributed by atoms with Gasteiger partial charge in [-0.2, -0.15) is 0 Å². The molecular weight excluding hydrogens is 1280 g/mol. The number of aryl methyl sites for hydroxylation is 3. The van der Waals surface area contributed by atoms with Gasteiger partial charge in [-0.05, 0) is 169 Å². The van der Waals surface area contributed by atoms with Gasteiger partial charge in [-0.1, -0.05) is 129 Å². The molecule has 4 aliphatic rings. The van der Waals surface area contributed by atoms with E-state index in [4.69, 9.17) is 24.7 Å². The van der Waals surface area contributed by atoms with Crippen molar-refractivity contribution >= 4 is 76.4 Å². The molecule has 22 nitrogen and oxygen atoms in total. The summed E-state index contributed by atoms with van der Waals surface area (Å²) in [6.45, 7) is 21.8. The summed E-state index contributed by atoms with van der Waals surface area (Å²) in [7, 11) is 0. The van der Waals surface area contributed by atoms with Crippen molar-refractivity contribution < 1.29 is 67.2 Å². The lowest BCUT2D eigenvalue weighted by Crippen LogP contribution is -2.60. The normalized spacial score (nSPS) is 22.1. The quantitative estimate of drug-likeness (QED) is 0.0119. The molecule has 8 rings (SSSR count). The van der Waals surface area contributed by atoms with Crippen LogP contribution >= 0.6 is 0 Å². The third-order valence-corrected chi connectivity index (χ3v) is 21.9. The van der Waals surface area contributed by atoms with Crippen molar-refractivity contribution in [1.82, 2.24) is 26.6 Å². The van der Waals surface area contributed by atoms with Gasteiger partial charge < -0.3 is 61.3 Å². The van der Waals surface area contributed by atoms with Gasteiger partial charge in [0.15, 0.2) is 0 Å². The number of carbonyl (C=O) groups excluding carboxylic acids is 8. The lowest BCUT2D eigenvalue weighted by atomic mass is 9.49. The molecule has 0 aromatic heterocycles. The molecule has 0 heterocycles. The number of fused-ring (bicyclic) bond motifs is 6. The molecule has 0 spiro atoms. The molecule has 9 N–H and O–H groups in total. The van der Waals surface area contributed by atoms with Gasteiger partial charge in [0.1, 0.15) is 18.1 Å². The molecule has 0 bridgehead atoms. The van der Waals surface area contributed by atoms with Crippen LogP contribution in [0.2, 0.25) is 0 Å². The molecule has 2 saturated carbocycles. The Bertz CT molecular complexity index is 3620. The summed E-state index contributed by atoms with van der Waals surface area (Å²) in [5.41, 5.74) is 13.7. The Labute approximate surface area is 595 Å². The number of anilines is 3. The van der Waals surface area contributed by atoms with Crippen molar-refractivity contribution in [2.45, 2.75) is 194 Å². The van der Waals surface area contributed by atoms with E-state index in [1.54, 1.807) is 24.8 Å². The minimum Gasteiger partial charge on any atom is -0.481 e. The SMILES string of the molecule is C=Cc1ccccc1N(Cc1ccccc1CC)C(=O)CCC(=O)NCCOCCOCCOCCOCCC(=O)N[C@@H](CCC(=O)O)C(=O)N[C@H](C(=O)N[C@@H](C)C(=O)Nc1ccc2c(c1)[C@@]1(C)CCC[C@](C)(C(=O)NC(=O)[C@@]3(C)CCC[C@]4(C)c5cc(N)ccc5CC[C@@H]34)[C@@H]1CC2)C(C)C. The number of nitrogens with two attached hydrogens (primary N) is 1. The zero-order chi connectivity index (χ0) is 73.1. The highest BCUT2D eigenvalue weighted by molar-refractivity contribution is 6.02. The number of benzene rings is 4. The predicted molar refractivity (Wildman–Crippen MR) is 388 cm³/mol. The zero-order valence-corrected chi connectivity index (χ0v) is 60.5. The number of carboxylic acid groups (broad SMARTS) is 1. The predicted octanol–water partition coefficient (Wildman–Crippen LogP) is 9.36. The number of carboxylic acids is 1. The Balaban J connectivity index is 0.712. The highest BCUT2D eigenvalue weighted by Crippen LogP contribution is 2.60. The smallest absolute Gasteiger partial charge is 0.303 e. The Morgan fingerprint density at radius 3 is 1.78 bits per heavy atom. The second-order valence-corrected chi connectivity index (χ2v) is 29.0. The van der Waals surface area contributed by atoms with E-state index in [1.807, 2.05) is 80.6 Å². The van der Waals surface area contributed by atoms with Gasteiger partial charge in [-0.3, -0.25) is 48.5 Å². The number of para-hydroxylation sites is 1. The lowest BCUT2D eigenvalue weighted by Gasteiger charge is -2.56. The number of amides is 8. The first-order valence-electron chi connectivity index (χ1n) is 36.2. The van der Waals surface area contributed by atoms with E-state index in [0.29, 0.717) is 43.8 Å². The molecule has 0 unspecified atom stereocenters. The Hall–Kier alpha value is -8.31. The van der Waals surface area contributed by atoms with Gasteiger partial charge in [-0.15, -0.1) is 0 Å². The van der Waals surface area contributed by atoms with E-state index in [2.05, 4.69) is 77.4 Å².